The Bertz CT molecular complexity index is 729. The van der Waals surface area contributed by atoms with Crippen molar-refractivity contribution in [1.82, 2.24) is 9.80 Å². The number of benzene rings is 1. The van der Waals surface area contributed by atoms with Gasteiger partial charge in [0.2, 0.25) is 5.91 Å². The Kier molecular flexibility index (Phi) is 4.94. The van der Waals surface area contributed by atoms with Crippen LogP contribution in [0.4, 0.5) is 8.78 Å². The van der Waals surface area contributed by atoms with E-state index in [0.717, 1.165) is 31.8 Å². The monoisotopic (exact) mass is 379 g/mol. The summed E-state index contributed by atoms with van der Waals surface area (Å²) in [7, 11) is 0. The van der Waals surface area contributed by atoms with E-state index in [9.17, 15) is 13.6 Å². The smallest absolute Gasteiger partial charge is 0.225 e. The van der Waals surface area contributed by atoms with Crippen LogP contribution in [0, 0.1) is 23.5 Å². The van der Waals surface area contributed by atoms with Crippen molar-refractivity contribution in [1.29, 1.82) is 0 Å². The van der Waals surface area contributed by atoms with E-state index in [1.165, 1.54) is 6.07 Å². The highest BCUT2D eigenvalue weighted by molar-refractivity contribution is 5.78. The SMILES string of the molecule is CC(C)C(=O)N1CC2CN(C3COC(c4cc(F)ccc4F)C(N)C3)C2C1. The van der Waals surface area contributed by atoms with Crippen molar-refractivity contribution in [3.05, 3.63) is 35.4 Å². The van der Waals surface area contributed by atoms with Gasteiger partial charge in [0.1, 0.15) is 17.7 Å². The third-order valence-corrected chi connectivity index (χ3v) is 6.22. The van der Waals surface area contributed by atoms with Crippen molar-refractivity contribution in [3.63, 3.8) is 0 Å². The molecule has 3 aliphatic heterocycles. The number of amides is 1. The van der Waals surface area contributed by atoms with Gasteiger partial charge in [0.05, 0.1) is 6.61 Å². The van der Waals surface area contributed by atoms with E-state index in [0.29, 0.717) is 25.0 Å². The predicted molar refractivity (Wildman–Crippen MR) is 96.8 cm³/mol. The van der Waals surface area contributed by atoms with Gasteiger partial charge in [-0.2, -0.15) is 0 Å². The number of hydrogen-bond donors (Lipinski definition) is 1. The molecule has 0 spiro atoms. The number of likely N-dealkylation sites (tertiary alicyclic amines) is 2. The molecule has 2 N–H and O–H groups in total. The zero-order chi connectivity index (χ0) is 19.3. The molecule has 0 saturated carbocycles. The fourth-order valence-electron chi connectivity index (χ4n) is 4.77. The Labute approximate surface area is 158 Å². The normalized spacial score (nSPS) is 33.9. The molecule has 3 fully saturated rings. The molecular formula is C20H27F2N3O2. The Hall–Kier alpha value is -1.57. The van der Waals surface area contributed by atoms with Gasteiger partial charge in [-0.3, -0.25) is 9.69 Å². The van der Waals surface area contributed by atoms with Gasteiger partial charge in [0, 0.05) is 55.2 Å². The fourth-order valence-corrected chi connectivity index (χ4v) is 4.77. The van der Waals surface area contributed by atoms with Crippen LogP contribution in [-0.2, 0) is 9.53 Å². The molecule has 1 aromatic rings. The molecule has 3 saturated heterocycles. The molecule has 3 aliphatic rings. The molecule has 4 rings (SSSR count). The molecule has 3 heterocycles. The minimum absolute atomic E-state index is 0.0179. The van der Waals surface area contributed by atoms with Gasteiger partial charge in [0.15, 0.2) is 0 Å². The zero-order valence-electron chi connectivity index (χ0n) is 15.8. The van der Waals surface area contributed by atoms with E-state index < -0.39 is 23.8 Å². The first-order chi connectivity index (χ1) is 12.8. The lowest BCUT2D eigenvalue weighted by atomic mass is 9.86. The van der Waals surface area contributed by atoms with Gasteiger partial charge >= 0.3 is 0 Å². The lowest BCUT2D eigenvalue weighted by Gasteiger charge is -2.50. The molecule has 0 aromatic heterocycles. The molecule has 5 nitrogen and oxygen atoms in total. The molecule has 1 aromatic carbocycles. The third-order valence-electron chi connectivity index (χ3n) is 6.22. The highest BCUT2D eigenvalue weighted by Gasteiger charge is 2.50. The molecule has 0 radical (unpaired) electrons. The lowest BCUT2D eigenvalue weighted by Crippen LogP contribution is -2.63. The van der Waals surface area contributed by atoms with Crippen LogP contribution >= 0.6 is 0 Å². The number of rotatable bonds is 3. The molecule has 5 unspecified atom stereocenters. The number of halogens is 2. The Morgan fingerprint density at radius 2 is 2.04 bits per heavy atom. The highest BCUT2D eigenvalue weighted by atomic mass is 19.1. The van der Waals surface area contributed by atoms with Crippen molar-refractivity contribution < 1.29 is 18.3 Å². The van der Waals surface area contributed by atoms with Crippen molar-refractivity contribution in [3.8, 4) is 0 Å². The first kappa shape index (κ1) is 18.8. The topological polar surface area (TPSA) is 58.8 Å². The van der Waals surface area contributed by atoms with Crippen LogP contribution < -0.4 is 5.73 Å². The summed E-state index contributed by atoms with van der Waals surface area (Å²) in [6.07, 6.45) is 0.0405. The van der Waals surface area contributed by atoms with Crippen molar-refractivity contribution >= 4 is 5.91 Å². The van der Waals surface area contributed by atoms with Crippen LogP contribution in [0.2, 0.25) is 0 Å². The van der Waals surface area contributed by atoms with Gasteiger partial charge in [-0.05, 0) is 24.6 Å². The molecule has 1 amide bonds. The van der Waals surface area contributed by atoms with Gasteiger partial charge < -0.3 is 15.4 Å². The second kappa shape index (κ2) is 7.11. The summed E-state index contributed by atoms with van der Waals surface area (Å²) in [5.74, 6) is -0.233. The molecule has 5 atom stereocenters. The lowest BCUT2D eigenvalue weighted by molar-refractivity contribution is -0.133. The summed E-state index contributed by atoms with van der Waals surface area (Å²) in [5.41, 5.74) is 6.48. The van der Waals surface area contributed by atoms with E-state index in [1.54, 1.807) is 0 Å². The second-order valence-corrected chi connectivity index (χ2v) is 8.40. The fraction of sp³-hybridized carbons (Fsp3) is 0.650. The maximum absolute atomic E-state index is 14.1. The molecular weight excluding hydrogens is 352 g/mol. The molecule has 7 heteroatoms. The number of ether oxygens (including phenoxy) is 1. The second-order valence-electron chi connectivity index (χ2n) is 8.40. The number of carbonyl (C=O) groups is 1. The minimum atomic E-state index is -0.628. The van der Waals surface area contributed by atoms with Crippen LogP contribution in [0.1, 0.15) is 31.9 Å². The first-order valence-electron chi connectivity index (χ1n) is 9.71. The maximum atomic E-state index is 14.1. The summed E-state index contributed by atoms with van der Waals surface area (Å²) in [5, 5.41) is 0. The summed E-state index contributed by atoms with van der Waals surface area (Å²) in [6, 6.07) is 3.51. The van der Waals surface area contributed by atoms with Crippen molar-refractivity contribution in [2.24, 2.45) is 17.6 Å². The standard InChI is InChI=1S/C20H27F2N3O2/c1-11(2)20(26)24-7-12-8-25(18(12)9-24)14-6-17(23)19(27-10-14)15-5-13(21)3-4-16(15)22/h3-5,11-12,14,17-19H,6-10,23H2,1-2H3. The van der Waals surface area contributed by atoms with Gasteiger partial charge in [-0.15, -0.1) is 0 Å². The van der Waals surface area contributed by atoms with Gasteiger partial charge in [0.25, 0.3) is 0 Å². The van der Waals surface area contributed by atoms with E-state index in [1.807, 2.05) is 18.7 Å². The number of carbonyl (C=O) groups excluding carboxylic acids is 1. The van der Waals surface area contributed by atoms with Crippen LogP contribution in [0.25, 0.3) is 0 Å². The molecule has 148 valence electrons. The van der Waals surface area contributed by atoms with E-state index >= 15 is 0 Å². The van der Waals surface area contributed by atoms with Crippen molar-refractivity contribution in [2.45, 2.75) is 44.5 Å². The molecule has 0 aliphatic carbocycles. The average molecular weight is 379 g/mol. The summed E-state index contributed by atoms with van der Waals surface area (Å²) in [4.78, 5) is 16.6. The average Bonchev–Trinajstić information content (AvgIpc) is 2.94. The number of fused-ring (bicyclic) bond motifs is 1. The number of nitrogens with zero attached hydrogens (tertiary/aromatic N) is 2. The Balaban J connectivity index is 1.38. The number of hydrogen-bond acceptors (Lipinski definition) is 4. The predicted octanol–water partition coefficient (Wildman–Crippen LogP) is 1.92. The highest BCUT2D eigenvalue weighted by Crippen LogP contribution is 2.39. The largest absolute Gasteiger partial charge is 0.370 e. The molecule has 27 heavy (non-hydrogen) atoms. The van der Waals surface area contributed by atoms with E-state index in [-0.39, 0.29) is 23.4 Å². The zero-order valence-corrected chi connectivity index (χ0v) is 15.8. The van der Waals surface area contributed by atoms with Crippen LogP contribution in [0.3, 0.4) is 0 Å². The summed E-state index contributed by atoms with van der Waals surface area (Å²) < 4.78 is 33.5. The Morgan fingerprint density at radius 1 is 1.26 bits per heavy atom. The number of nitrogens with two attached hydrogens (primary N) is 1. The first-order valence-corrected chi connectivity index (χ1v) is 9.71. The quantitative estimate of drug-likeness (QED) is 0.872. The molecule has 0 bridgehead atoms. The van der Waals surface area contributed by atoms with Gasteiger partial charge in [-0.25, -0.2) is 8.78 Å². The van der Waals surface area contributed by atoms with Gasteiger partial charge in [-0.1, -0.05) is 13.8 Å². The van der Waals surface area contributed by atoms with E-state index in [4.69, 9.17) is 10.5 Å². The van der Waals surface area contributed by atoms with Crippen LogP contribution in [-0.4, -0.2) is 60.1 Å². The summed E-state index contributed by atoms with van der Waals surface area (Å²) >= 11 is 0. The maximum Gasteiger partial charge on any atom is 0.225 e. The van der Waals surface area contributed by atoms with Crippen molar-refractivity contribution in [2.75, 3.05) is 26.2 Å². The van der Waals surface area contributed by atoms with E-state index in [2.05, 4.69) is 4.90 Å². The Morgan fingerprint density at radius 3 is 2.74 bits per heavy atom. The third kappa shape index (κ3) is 3.37. The summed E-state index contributed by atoms with van der Waals surface area (Å²) in [6.45, 7) is 6.83. The van der Waals surface area contributed by atoms with Crippen LogP contribution in [0.5, 0.6) is 0 Å². The van der Waals surface area contributed by atoms with Crippen LogP contribution in [0.15, 0.2) is 18.2 Å². The minimum Gasteiger partial charge on any atom is -0.370 e.